The molecule has 1 saturated heterocycles. The van der Waals surface area contributed by atoms with E-state index in [0.717, 1.165) is 56.1 Å². The van der Waals surface area contributed by atoms with Crippen LogP contribution < -0.4 is 4.74 Å². The van der Waals surface area contributed by atoms with Crippen LogP contribution in [0.15, 0.2) is 17.6 Å². The fourth-order valence-electron chi connectivity index (χ4n) is 3.31. The molecule has 0 amide bonds. The van der Waals surface area contributed by atoms with E-state index in [4.69, 9.17) is 19.3 Å². The van der Waals surface area contributed by atoms with E-state index < -0.39 is 13.9 Å². The molecule has 1 aliphatic heterocycles. The first-order chi connectivity index (χ1) is 12.0. The van der Waals surface area contributed by atoms with Crippen LogP contribution in [0.3, 0.4) is 0 Å². The summed E-state index contributed by atoms with van der Waals surface area (Å²) < 4.78 is 22.0. The third kappa shape index (κ3) is 3.65. The summed E-state index contributed by atoms with van der Waals surface area (Å²) in [7, 11) is -4.23. The highest BCUT2D eigenvalue weighted by molar-refractivity contribution is 7.51. The summed E-state index contributed by atoms with van der Waals surface area (Å²) in [6, 6.07) is 3.80. The van der Waals surface area contributed by atoms with Gasteiger partial charge in [-0.05, 0) is 17.2 Å². The van der Waals surface area contributed by atoms with Gasteiger partial charge in [-0.25, -0.2) is 4.98 Å². The van der Waals surface area contributed by atoms with Crippen molar-refractivity contribution in [3.63, 3.8) is 0 Å². The van der Waals surface area contributed by atoms with Gasteiger partial charge in [-0.3, -0.25) is 9.46 Å². The first kappa shape index (κ1) is 17.1. The Balaban J connectivity index is 1.66. The van der Waals surface area contributed by atoms with Gasteiger partial charge in [0, 0.05) is 36.5 Å². The van der Waals surface area contributed by atoms with E-state index in [2.05, 4.69) is 9.88 Å². The Hall–Kier alpha value is -1.28. The number of thiazole rings is 1. The maximum atomic E-state index is 11.2. The van der Waals surface area contributed by atoms with Crippen molar-refractivity contribution in [1.29, 1.82) is 0 Å². The summed E-state index contributed by atoms with van der Waals surface area (Å²) in [6.07, 6.45) is 0.170. The number of morpholine rings is 1. The Morgan fingerprint density at radius 3 is 2.88 bits per heavy atom. The molecule has 2 N–H and O–H groups in total. The lowest BCUT2D eigenvalue weighted by molar-refractivity contribution is 0.0341. The Morgan fingerprint density at radius 1 is 1.32 bits per heavy atom. The SMILES string of the molecule is O=P(O)(O)COc1ccc(CN2CCOCC2)c2c1-c1ncsc1C2. The van der Waals surface area contributed by atoms with Gasteiger partial charge in [-0.2, -0.15) is 0 Å². The number of ether oxygens (including phenoxy) is 2. The van der Waals surface area contributed by atoms with Crippen LogP contribution in [0.5, 0.6) is 5.75 Å². The van der Waals surface area contributed by atoms with E-state index in [1.165, 1.54) is 10.4 Å². The molecule has 9 heteroatoms. The predicted octanol–water partition coefficient (Wildman–Crippen LogP) is 2.06. The lowest BCUT2D eigenvalue weighted by Gasteiger charge is -2.27. The molecular weight excluding hydrogens is 363 g/mol. The van der Waals surface area contributed by atoms with Crippen LogP contribution in [-0.2, 0) is 22.3 Å². The molecule has 0 saturated carbocycles. The maximum Gasteiger partial charge on any atom is 0.362 e. The van der Waals surface area contributed by atoms with Gasteiger partial charge in [0.1, 0.15) is 5.75 Å². The summed E-state index contributed by atoms with van der Waals surface area (Å²) in [5, 5.41) is 0. The molecule has 0 radical (unpaired) electrons. The number of nitrogens with zero attached hydrogens (tertiary/aromatic N) is 2. The average molecular weight is 382 g/mol. The number of aromatic nitrogens is 1. The third-order valence-electron chi connectivity index (χ3n) is 4.47. The minimum atomic E-state index is -4.23. The van der Waals surface area contributed by atoms with Gasteiger partial charge in [0.15, 0.2) is 6.35 Å². The zero-order valence-electron chi connectivity index (χ0n) is 13.6. The number of rotatable bonds is 5. The average Bonchev–Trinajstić information content (AvgIpc) is 3.16. The van der Waals surface area contributed by atoms with Gasteiger partial charge >= 0.3 is 7.60 Å². The molecule has 1 aromatic carbocycles. The molecule has 134 valence electrons. The Labute approximate surface area is 149 Å². The number of fused-ring (bicyclic) bond motifs is 3. The molecule has 2 aliphatic rings. The fraction of sp³-hybridized carbons (Fsp3) is 0.438. The third-order valence-corrected chi connectivity index (χ3v) is 5.77. The van der Waals surface area contributed by atoms with Gasteiger partial charge in [-0.15, -0.1) is 11.3 Å². The smallest absolute Gasteiger partial charge is 0.362 e. The quantitative estimate of drug-likeness (QED) is 0.653. The van der Waals surface area contributed by atoms with Crippen molar-refractivity contribution in [3.8, 4) is 17.0 Å². The van der Waals surface area contributed by atoms with Gasteiger partial charge in [0.05, 0.1) is 24.4 Å². The molecule has 7 nitrogen and oxygen atoms in total. The van der Waals surface area contributed by atoms with E-state index in [9.17, 15) is 4.57 Å². The molecule has 25 heavy (non-hydrogen) atoms. The van der Waals surface area contributed by atoms with E-state index in [0.29, 0.717) is 5.75 Å². The highest BCUT2D eigenvalue weighted by Gasteiger charge is 2.29. The minimum Gasteiger partial charge on any atom is -0.480 e. The number of benzene rings is 1. The van der Waals surface area contributed by atoms with E-state index >= 15 is 0 Å². The number of hydrogen-bond donors (Lipinski definition) is 2. The number of hydrogen-bond acceptors (Lipinski definition) is 6. The normalized spacial score (nSPS) is 17.4. The molecule has 4 rings (SSSR count). The fourth-order valence-corrected chi connectivity index (χ4v) is 4.40. The second-order valence-electron chi connectivity index (χ2n) is 6.20. The lowest BCUT2D eigenvalue weighted by Crippen LogP contribution is -2.35. The van der Waals surface area contributed by atoms with E-state index in [-0.39, 0.29) is 0 Å². The molecule has 1 aromatic heterocycles. The van der Waals surface area contributed by atoms with Crippen molar-refractivity contribution in [2.75, 3.05) is 32.7 Å². The Morgan fingerprint density at radius 2 is 2.12 bits per heavy atom. The van der Waals surface area contributed by atoms with Crippen molar-refractivity contribution in [3.05, 3.63) is 33.6 Å². The lowest BCUT2D eigenvalue weighted by atomic mass is 10.0. The summed E-state index contributed by atoms with van der Waals surface area (Å²) in [6.45, 7) is 4.15. The van der Waals surface area contributed by atoms with Crippen LogP contribution in [-0.4, -0.2) is 52.3 Å². The topological polar surface area (TPSA) is 92.1 Å². The predicted molar refractivity (Wildman–Crippen MR) is 94.0 cm³/mol. The Bertz CT molecular complexity index is 828. The zero-order valence-corrected chi connectivity index (χ0v) is 15.3. The first-order valence-electron chi connectivity index (χ1n) is 8.06. The summed E-state index contributed by atoms with van der Waals surface area (Å²) in [5.74, 6) is 0.494. The molecule has 2 aromatic rings. The molecule has 1 aliphatic carbocycles. The van der Waals surface area contributed by atoms with Crippen LogP contribution in [0.1, 0.15) is 16.0 Å². The monoisotopic (exact) mass is 382 g/mol. The largest absolute Gasteiger partial charge is 0.480 e. The molecule has 0 unspecified atom stereocenters. The molecule has 2 heterocycles. The van der Waals surface area contributed by atoms with Crippen molar-refractivity contribution in [2.24, 2.45) is 0 Å². The first-order valence-corrected chi connectivity index (χ1v) is 10.7. The highest BCUT2D eigenvalue weighted by atomic mass is 32.1. The van der Waals surface area contributed by atoms with Gasteiger partial charge < -0.3 is 19.3 Å². The summed E-state index contributed by atoms with van der Waals surface area (Å²) in [4.78, 5) is 26.2. The van der Waals surface area contributed by atoms with Gasteiger partial charge in [0.2, 0.25) is 0 Å². The summed E-state index contributed by atoms with van der Waals surface area (Å²) >= 11 is 1.60. The maximum absolute atomic E-state index is 11.2. The van der Waals surface area contributed by atoms with Gasteiger partial charge in [-0.1, -0.05) is 6.07 Å². The van der Waals surface area contributed by atoms with Gasteiger partial charge in [0.25, 0.3) is 0 Å². The second-order valence-corrected chi connectivity index (χ2v) is 8.73. The molecule has 0 bridgehead atoms. The van der Waals surface area contributed by atoms with Crippen molar-refractivity contribution in [2.45, 2.75) is 13.0 Å². The van der Waals surface area contributed by atoms with Crippen LogP contribution >= 0.6 is 18.9 Å². The van der Waals surface area contributed by atoms with Crippen molar-refractivity contribution >= 4 is 18.9 Å². The molecule has 0 atom stereocenters. The Kier molecular flexibility index (Phi) is 4.66. The van der Waals surface area contributed by atoms with Crippen LogP contribution in [0.25, 0.3) is 11.3 Å². The molecule has 1 fully saturated rings. The summed E-state index contributed by atoms with van der Waals surface area (Å²) in [5.41, 5.74) is 5.93. The standard InChI is InChI=1S/C16H19N2O5PS/c19-24(20,21)10-23-13-2-1-11(8-18-3-5-22-6-4-18)12-7-14-16(15(12)13)17-9-25-14/h1-2,9H,3-8,10H2,(H2,19,20,21). The van der Waals surface area contributed by atoms with Crippen molar-refractivity contribution < 1.29 is 23.8 Å². The second kappa shape index (κ2) is 6.79. The van der Waals surface area contributed by atoms with E-state index in [1.54, 1.807) is 22.9 Å². The van der Waals surface area contributed by atoms with Crippen LogP contribution in [0.2, 0.25) is 0 Å². The van der Waals surface area contributed by atoms with Crippen molar-refractivity contribution in [1.82, 2.24) is 9.88 Å². The van der Waals surface area contributed by atoms with Crippen LogP contribution in [0, 0.1) is 0 Å². The van der Waals surface area contributed by atoms with Crippen LogP contribution in [0.4, 0.5) is 0 Å². The van der Waals surface area contributed by atoms with E-state index in [1.807, 2.05) is 6.07 Å². The zero-order chi connectivity index (χ0) is 17.4. The highest BCUT2D eigenvalue weighted by Crippen LogP contribution is 2.46. The minimum absolute atomic E-state index is 0.494. The molecular formula is C16H19N2O5PS. The molecule has 0 spiro atoms.